The number of nitriles is 1. The molecule has 0 fully saturated rings. The summed E-state index contributed by atoms with van der Waals surface area (Å²) in [5, 5.41) is 13.1. The van der Waals surface area contributed by atoms with Crippen LogP contribution in [-0.2, 0) is 5.54 Å². The molecule has 0 radical (unpaired) electrons. The lowest BCUT2D eigenvalue weighted by Gasteiger charge is -2.31. The lowest BCUT2D eigenvalue weighted by atomic mass is 9.87. The smallest absolute Gasteiger partial charge is 0.133 e. The summed E-state index contributed by atoms with van der Waals surface area (Å²) in [5.41, 5.74) is 0.447. The van der Waals surface area contributed by atoms with Crippen molar-refractivity contribution in [1.29, 1.82) is 5.26 Å². The molecule has 0 saturated heterocycles. The van der Waals surface area contributed by atoms with Crippen molar-refractivity contribution < 1.29 is 0 Å². The fourth-order valence-electron chi connectivity index (χ4n) is 2.06. The van der Waals surface area contributed by atoms with Gasteiger partial charge in [0.25, 0.3) is 0 Å². The van der Waals surface area contributed by atoms with Crippen LogP contribution in [0.1, 0.15) is 25.8 Å². The third-order valence-electron chi connectivity index (χ3n) is 2.93. The highest BCUT2D eigenvalue weighted by molar-refractivity contribution is 5.31. The first-order valence-corrected chi connectivity index (χ1v) is 6.39. The Bertz CT molecular complexity index is 392. The summed E-state index contributed by atoms with van der Waals surface area (Å²) in [5.74, 6) is 0. The van der Waals surface area contributed by atoms with E-state index in [4.69, 9.17) is 0 Å². The molecule has 98 valence electrons. The van der Waals surface area contributed by atoms with Crippen molar-refractivity contribution in [3.63, 3.8) is 0 Å². The van der Waals surface area contributed by atoms with Crippen LogP contribution in [0.4, 0.5) is 0 Å². The molecule has 0 amide bonds. The van der Waals surface area contributed by atoms with Crippen molar-refractivity contribution in [1.82, 2.24) is 10.2 Å². The molecule has 1 rings (SSSR count). The fraction of sp³-hybridized carbons (Fsp3) is 0.533. The molecule has 0 saturated carbocycles. The van der Waals surface area contributed by atoms with Gasteiger partial charge in [0.2, 0.25) is 0 Å². The van der Waals surface area contributed by atoms with Gasteiger partial charge in [0, 0.05) is 12.6 Å². The zero-order valence-corrected chi connectivity index (χ0v) is 11.8. The molecule has 1 aromatic carbocycles. The number of nitrogens with zero attached hydrogens (tertiary/aromatic N) is 2. The number of rotatable bonds is 6. The second kappa shape index (κ2) is 6.53. The van der Waals surface area contributed by atoms with E-state index in [9.17, 15) is 5.26 Å². The Labute approximate surface area is 110 Å². The van der Waals surface area contributed by atoms with E-state index in [1.165, 1.54) is 0 Å². The zero-order chi connectivity index (χ0) is 13.6. The third-order valence-corrected chi connectivity index (χ3v) is 2.93. The van der Waals surface area contributed by atoms with Gasteiger partial charge >= 0.3 is 0 Å². The maximum absolute atomic E-state index is 9.66. The molecule has 1 N–H and O–H groups in total. The average Bonchev–Trinajstić information content (AvgIpc) is 2.35. The van der Waals surface area contributed by atoms with E-state index in [-0.39, 0.29) is 6.04 Å². The van der Waals surface area contributed by atoms with Crippen LogP contribution in [0.15, 0.2) is 30.3 Å². The summed E-state index contributed by atoms with van der Waals surface area (Å²) in [6.07, 6.45) is 0.776. The SMILES string of the molecule is CC(C)NC(C#N)(CCN(C)C)c1ccccc1. The van der Waals surface area contributed by atoms with Gasteiger partial charge in [-0.2, -0.15) is 5.26 Å². The molecule has 0 spiro atoms. The quantitative estimate of drug-likeness (QED) is 0.836. The van der Waals surface area contributed by atoms with Gasteiger partial charge in [-0.1, -0.05) is 30.3 Å². The first-order valence-electron chi connectivity index (χ1n) is 6.39. The van der Waals surface area contributed by atoms with Crippen LogP contribution in [-0.4, -0.2) is 31.6 Å². The third kappa shape index (κ3) is 3.83. The molecule has 0 aliphatic rings. The van der Waals surface area contributed by atoms with E-state index < -0.39 is 5.54 Å². The Hall–Kier alpha value is -1.37. The fourth-order valence-corrected chi connectivity index (χ4v) is 2.06. The summed E-state index contributed by atoms with van der Waals surface area (Å²) in [7, 11) is 4.06. The summed E-state index contributed by atoms with van der Waals surface area (Å²) in [6, 6.07) is 12.7. The molecule has 3 heteroatoms. The number of benzene rings is 1. The number of hydrogen-bond acceptors (Lipinski definition) is 3. The van der Waals surface area contributed by atoms with E-state index in [1.807, 2.05) is 44.4 Å². The Morgan fingerprint density at radius 3 is 2.33 bits per heavy atom. The van der Waals surface area contributed by atoms with E-state index in [1.54, 1.807) is 0 Å². The molecule has 0 bridgehead atoms. The molecule has 18 heavy (non-hydrogen) atoms. The monoisotopic (exact) mass is 245 g/mol. The van der Waals surface area contributed by atoms with E-state index in [2.05, 4.69) is 30.1 Å². The number of hydrogen-bond donors (Lipinski definition) is 1. The number of nitrogens with one attached hydrogen (secondary N) is 1. The van der Waals surface area contributed by atoms with Crippen LogP contribution in [0, 0.1) is 11.3 Å². The Balaban J connectivity index is 3.03. The van der Waals surface area contributed by atoms with Gasteiger partial charge < -0.3 is 4.90 Å². The van der Waals surface area contributed by atoms with Gasteiger partial charge in [0.15, 0.2) is 0 Å². The van der Waals surface area contributed by atoms with Gasteiger partial charge in [-0.05, 0) is 39.9 Å². The van der Waals surface area contributed by atoms with Crippen LogP contribution >= 0.6 is 0 Å². The molecule has 0 aromatic heterocycles. The highest BCUT2D eigenvalue weighted by Crippen LogP contribution is 2.25. The van der Waals surface area contributed by atoms with Gasteiger partial charge in [0.05, 0.1) is 6.07 Å². The van der Waals surface area contributed by atoms with E-state index in [0.29, 0.717) is 0 Å². The highest BCUT2D eigenvalue weighted by Gasteiger charge is 2.32. The molecule has 0 heterocycles. The van der Waals surface area contributed by atoms with Gasteiger partial charge in [-0.3, -0.25) is 5.32 Å². The Morgan fingerprint density at radius 1 is 1.28 bits per heavy atom. The minimum absolute atomic E-state index is 0.270. The standard InChI is InChI=1S/C15H23N3/c1-13(2)17-15(12-16,10-11-18(3)4)14-8-6-5-7-9-14/h5-9,13,17H,10-11H2,1-4H3. The van der Waals surface area contributed by atoms with Crippen LogP contribution in [0.2, 0.25) is 0 Å². The van der Waals surface area contributed by atoms with Crippen molar-refractivity contribution in [2.45, 2.75) is 31.8 Å². The summed E-state index contributed by atoms with van der Waals surface area (Å²) in [4.78, 5) is 2.11. The van der Waals surface area contributed by atoms with Crippen molar-refractivity contribution >= 4 is 0 Å². The molecule has 0 aliphatic carbocycles. The maximum Gasteiger partial charge on any atom is 0.133 e. The predicted octanol–water partition coefficient (Wildman–Crippen LogP) is 2.36. The molecule has 1 aromatic rings. The minimum Gasteiger partial charge on any atom is -0.309 e. The lowest BCUT2D eigenvalue weighted by Crippen LogP contribution is -2.46. The molecular weight excluding hydrogens is 222 g/mol. The molecule has 3 nitrogen and oxygen atoms in total. The van der Waals surface area contributed by atoms with Crippen molar-refractivity contribution in [3.05, 3.63) is 35.9 Å². The normalized spacial score (nSPS) is 14.5. The van der Waals surface area contributed by atoms with Crippen LogP contribution in [0.3, 0.4) is 0 Å². The zero-order valence-electron chi connectivity index (χ0n) is 11.8. The summed E-state index contributed by atoms with van der Waals surface area (Å²) < 4.78 is 0. The average molecular weight is 245 g/mol. The maximum atomic E-state index is 9.66. The highest BCUT2D eigenvalue weighted by atomic mass is 15.1. The lowest BCUT2D eigenvalue weighted by molar-refractivity contribution is 0.302. The molecule has 1 atom stereocenters. The first-order chi connectivity index (χ1) is 8.50. The van der Waals surface area contributed by atoms with Gasteiger partial charge in [0.1, 0.15) is 5.54 Å². The van der Waals surface area contributed by atoms with Crippen molar-refractivity contribution in [3.8, 4) is 6.07 Å². The minimum atomic E-state index is -0.598. The van der Waals surface area contributed by atoms with Crippen LogP contribution < -0.4 is 5.32 Å². The van der Waals surface area contributed by atoms with Gasteiger partial charge in [-0.15, -0.1) is 0 Å². The largest absolute Gasteiger partial charge is 0.309 e. The second-order valence-electron chi connectivity index (χ2n) is 5.24. The molecule has 0 aliphatic heterocycles. The van der Waals surface area contributed by atoms with E-state index in [0.717, 1.165) is 18.5 Å². The second-order valence-corrected chi connectivity index (χ2v) is 5.24. The molecular formula is C15H23N3. The van der Waals surface area contributed by atoms with Crippen LogP contribution in [0.5, 0.6) is 0 Å². The topological polar surface area (TPSA) is 39.1 Å². The first kappa shape index (κ1) is 14.7. The van der Waals surface area contributed by atoms with E-state index >= 15 is 0 Å². The molecule has 1 unspecified atom stereocenters. The van der Waals surface area contributed by atoms with Crippen molar-refractivity contribution in [2.75, 3.05) is 20.6 Å². The Kier molecular flexibility index (Phi) is 5.33. The predicted molar refractivity (Wildman–Crippen MR) is 75.2 cm³/mol. The van der Waals surface area contributed by atoms with Gasteiger partial charge in [-0.25, -0.2) is 0 Å². The summed E-state index contributed by atoms with van der Waals surface area (Å²) in [6.45, 7) is 5.03. The van der Waals surface area contributed by atoms with Crippen LogP contribution in [0.25, 0.3) is 0 Å². The van der Waals surface area contributed by atoms with Crippen molar-refractivity contribution in [2.24, 2.45) is 0 Å². The summed E-state index contributed by atoms with van der Waals surface area (Å²) >= 11 is 0. The Morgan fingerprint density at radius 2 is 1.89 bits per heavy atom.